The number of anilines is 1. The van der Waals surface area contributed by atoms with Crippen LogP contribution in [0.2, 0.25) is 0 Å². The van der Waals surface area contributed by atoms with Crippen molar-refractivity contribution in [3.8, 4) is 11.9 Å². The molecule has 0 bridgehead atoms. The van der Waals surface area contributed by atoms with Gasteiger partial charge in [0.25, 0.3) is 0 Å². The molecule has 0 radical (unpaired) electrons. The summed E-state index contributed by atoms with van der Waals surface area (Å²) < 4.78 is 10.0. The Kier molecular flexibility index (Phi) is 5.10. The molecule has 1 N–H and O–H groups in total. The lowest BCUT2D eigenvalue weighted by Crippen LogP contribution is -2.14. The maximum Gasteiger partial charge on any atom is 0.319 e. The predicted molar refractivity (Wildman–Crippen MR) is 81.1 cm³/mol. The monoisotopic (exact) mass is 307 g/mol. The van der Waals surface area contributed by atoms with Crippen molar-refractivity contribution in [2.24, 2.45) is 0 Å². The van der Waals surface area contributed by atoms with Crippen molar-refractivity contribution in [2.45, 2.75) is 19.8 Å². The van der Waals surface area contributed by atoms with Gasteiger partial charge in [0.15, 0.2) is 0 Å². The van der Waals surface area contributed by atoms with Gasteiger partial charge in [0.2, 0.25) is 11.8 Å². The molecule has 1 amide bonds. The van der Waals surface area contributed by atoms with Gasteiger partial charge in [0, 0.05) is 11.3 Å². The molecule has 0 fully saturated rings. The first kappa shape index (κ1) is 15.2. The molecule has 2 heterocycles. The molecule has 7 heteroatoms. The van der Waals surface area contributed by atoms with Crippen molar-refractivity contribution < 1.29 is 14.3 Å². The maximum atomic E-state index is 12.0. The van der Waals surface area contributed by atoms with Gasteiger partial charge in [-0.3, -0.25) is 4.79 Å². The minimum absolute atomic E-state index is 0.102. The molecule has 0 aliphatic heterocycles. The molecule has 112 valence electrons. The number of carbonyl (C=O) groups is 1. The van der Waals surface area contributed by atoms with E-state index in [1.54, 1.807) is 11.3 Å². The summed E-state index contributed by atoms with van der Waals surface area (Å²) in [7, 11) is 2.95. The summed E-state index contributed by atoms with van der Waals surface area (Å²) in [6.07, 6.45) is 2.59. The zero-order valence-corrected chi connectivity index (χ0v) is 13.0. The van der Waals surface area contributed by atoms with E-state index in [0.717, 1.165) is 0 Å². The van der Waals surface area contributed by atoms with E-state index in [-0.39, 0.29) is 17.8 Å². The number of hydrogen-bond acceptors (Lipinski definition) is 6. The second-order valence-electron chi connectivity index (χ2n) is 4.35. The van der Waals surface area contributed by atoms with Crippen LogP contribution in [0.4, 0.5) is 5.69 Å². The summed E-state index contributed by atoms with van der Waals surface area (Å²) >= 11 is 1.66. The number of nitrogens with one attached hydrogen (secondary N) is 1. The number of hydrogen-bond donors (Lipinski definition) is 1. The molecule has 0 unspecified atom stereocenters. The Morgan fingerprint density at radius 2 is 2.19 bits per heavy atom. The highest BCUT2D eigenvalue weighted by molar-refractivity contribution is 7.10. The molecule has 0 aromatic carbocycles. The largest absolute Gasteiger partial charge is 0.479 e. The molecule has 0 atom stereocenters. The van der Waals surface area contributed by atoms with Crippen molar-refractivity contribution in [1.29, 1.82) is 0 Å². The Labute approximate surface area is 127 Å². The molecular weight excluding hydrogens is 290 g/mol. The number of nitrogens with zero attached hydrogens (tertiary/aromatic N) is 2. The van der Waals surface area contributed by atoms with Gasteiger partial charge >= 0.3 is 6.01 Å². The zero-order valence-electron chi connectivity index (χ0n) is 12.2. The van der Waals surface area contributed by atoms with Crippen molar-refractivity contribution in [2.75, 3.05) is 19.5 Å². The van der Waals surface area contributed by atoms with Crippen LogP contribution in [0.25, 0.3) is 0 Å². The summed E-state index contributed by atoms with van der Waals surface area (Å²) in [5.74, 6) is 0.178. The molecule has 0 saturated heterocycles. The van der Waals surface area contributed by atoms with Crippen LogP contribution in [0.5, 0.6) is 11.9 Å². The van der Waals surface area contributed by atoms with Crippen molar-refractivity contribution in [3.05, 3.63) is 28.1 Å². The fraction of sp³-hybridized carbons (Fsp3) is 0.357. The van der Waals surface area contributed by atoms with Gasteiger partial charge in [0.1, 0.15) is 5.69 Å². The van der Waals surface area contributed by atoms with Crippen LogP contribution in [0.3, 0.4) is 0 Å². The number of ether oxygens (including phenoxy) is 2. The lowest BCUT2D eigenvalue weighted by atomic mass is 10.2. The molecule has 0 spiro atoms. The normalized spacial score (nSPS) is 10.2. The highest BCUT2D eigenvalue weighted by Crippen LogP contribution is 2.23. The Morgan fingerprint density at radius 1 is 1.38 bits per heavy atom. The minimum atomic E-state index is -0.102. The molecule has 2 aromatic heterocycles. The smallest absolute Gasteiger partial charge is 0.319 e. The number of carbonyl (C=O) groups excluding carboxylic acids is 1. The number of rotatable bonds is 6. The average Bonchev–Trinajstić information content (AvgIpc) is 2.91. The van der Waals surface area contributed by atoms with E-state index in [1.165, 1.54) is 30.9 Å². The van der Waals surface area contributed by atoms with Crippen molar-refractivity contribution in [3.63, 3.8) is 0 Å². The van der Waals surface area contributed by atoms with Gasteiger partial charge in [-0.1, -0.05) is 0 Å². The molecule has 0 saturated carbocycles. The Balaban J connectivity index is 1.97. The van der Waals surface area contributed by atoms with Crippen LogP contribution in [0.1, 0.15) is 16.9 Å². The molecule has 0 aliphatic carbocycles. The Hall–Kier alpha value is -2.15. The van der Waals surface area contributed by atoms with Gasteiger partial charge in [-0.25, -0.2) is 4.98 Å². The van der Waals surface area contributed by atoms with E-state index in [2.05, 4.69) is 21.4 Å². The third-order valence-electron chi connectivity index (χ3n) is 2.93. The molecule has 21 heavy (non-hydrogen) atoms. The van der Waals surface area contributed by atoms with Gasteiger partial charge in [-0.2, -0.15) is 4.98 Å². The third-order valence-corrected chi connectivity index (χ3v) is 4.01. The van der Waals surface area contributed by atoms with Crippen LogP contribution in [0.15, 0.2) is 17.6 Å². The number of amides is 1. The fourth-order valence-electron chi connectivity index (χ4n) is 1.79. The van der Waals surface area contributed by atoms with E-state index >= 15 is 0 Å². The first-order valence-corrected chi connectivity index (χ1v) is 7.30. The number of aryl methyl sites for hydroxylation is 2. The van der Waals surface area contributed by atoms with E-state index in [9.17, 15) is 4.79 Å². The predicted octanol–water partition coefficient (Wildman–Crippen LogP) is 2.44. The van der Waals surface area contributed by atoms with Gasteiger partial charge < -0.3 is 14.8 Å². The van der Waals surface area contributed by atoms with E-state index < -0.39 is 0 Å². The SMILES string of the molecule is COc1ncc(NC(=O)CCc2sccc2C)c(OC)n1. The van der Waals surface area contributed by atoms with Crippen molar-refractivity contribution >= 4 is 22.9 Å². The summed E-state index contributed by atoms with van der Waals surface area (Å²) in [6.45, 7) is 2.05. The van der Waals surface area contributed by atoms with E-state index in [0.29, 0.717) is 18.5 Å². The lowest BCUT2D eigenvalue weighted by Gasteiger charge is -2.09. The summed E-state index contributed by atoms with van der Waals surface area (Å²) in [5, 5.41) is 4.79. The first-order chi connectivity index (χ1) is 10.1. The first-order valence-electron chi connectivity index (χ1n) is 6.42. The van der Waals surface area contributed by atoms with Crippen LogP contribution in [-0.2, 0) is 11.2 Å². The van der Waals surface area contributed by atoms with Crippen molar-refractivity contribution in [1.82, 2.24) is 9.97 Å². The van der Waals surface area contributed by atoms with Gasteiger partial charge in [-0.15, -0.1) is 11.3 Å². The summed E-state index contributed by atoms with van der Waals surface area (Å²) in [4.78, 5) is 21.2. The van der Waals surface area contributed by atoms with Crippen LogP contribution >= 0.6 is 11.3 Å². The summed E-state index contributed by atoms with van der Waals surface area (Å²) in [5.41, 5.74) is 1.66. The number of aromatic nitrogens is 2. The molecular formula is C14H17N3O3S. The molecule has 2 aromatic rings. The highest BCUT2D eigenvalue weighted by atomic mass is 32.1. The van der Waals surface area contributed by atoms with E-state index in [1.807, 2.05) is 12.3 Å². The van der Waals surface area contributed by atoms with Crippen LogP contribution < -0.4 is 14.8 Å². The number of methoxy groups -OCH3 is 2. The second kappa shape index (κ2) is 7.03. The van der Waals surface area contributed by atoms with E-state index in [4.69, 9.17) is 9.47 Å². The van der Waals surface area contributed by atoms with Gasteiger partial charge in [-0.05, 0) is 30.4 Å². The van der Waals surface area contributed by atoms with Crippen LogP contribution in [0, 0.1) is 6.92 Å². The third kappa shape index (κ3) is 3.91. The number of thiophene rings is 1. The standard InChI is InChI=1S/C14H17N3O3S/c1-9-6-7-21-11(9)4-5-12(18)16-10-8-15-14(20-3)17-13(10)19-2/h6-8H,4-5H2,1-3H3,(H,16,18). The maximum absolute atomic E-state index is 12.0. The fourth-order valence-corrected chi connectivity index (χ4v) is 2.70. The topological polar surface area (TPSA) is 73.3 Å². The lowest BCUT2D eigenvalue weighted by molar-refractivity contribution is -0.116. The van der Waals surface area contributed by atoms with Crippen LogP contribution in [-0.4, -0.2) is 30.1 Å². The Bertz CT molecular complexity index is 628. The quantitative estimate of drug-likeness (QED) is 0.887. The minimum Gasteiger partial charge on any atom is -0.479 e. The molecule has 2 rings (SSSR count). The highest BCUT2D eigenvalue weighted by Gasteiger charge is 2.12. The molecule has 6 nitrogen and oxygen atoms in total. The summed E-state index contributed by atoms with van der Waals surface area (Å²) in [6, 6.07) is 2.25. The second-order valence-corrected chi connectivity index (χ2v) is 5.36. The Morgan fingerprint density at radius 3 is 2.81 bits per heavy atom. The average molecular weight is 307 g/mol. The zero-order chi connectivity index (χ0) is 15.2. The van der Waals surface area contributed by atoms with Gasteiger partial charge in [0.05, 0.1) is 20.4 Å². The molecule has 0 aliphatic rings.